The molecule has 0 aliphatic heterocycles. The summed E-state index contributed by atoms with van der Waals surface area (Å²) < 4.78 is 77.5. The predicted molar refractivity (Wildman–Crippen MR) is 66.1 cm³/mol. The number of hydrogen-bond donors (Lipinski definition) is 3. The average Bonchev–Trinajstić information content (AvgIpc) is 2.41. The first-order chi connectivity index (χ1) is 10.4. The number of alkyl halides is 6. The first kappa shape index (κ1) is 19.2. The van der Waals surface area contributed by atoms with Crippen molar-refractivity contribution in [3.05, 3.63) is 34.9 Å². The number of aliphatic hydroxyl groups excluding tert-OH is 2. The summed E-state index contributed by atoms with van der Waals surface area (Å²) in [6, 6.07) is 1.31. The topological polar surface area (TPSA) is 69.6 Å². The monoisotopic (exact) mass is 345 g/mol. The van der Waals surface area contributed by atoms with E-state index in [1.807, 2.05) is 5.32 Å². The highest BCUT2D eigenvalue weighted by Crippen LogP contribution is 2.42. The number of benzene rings is 1. The van der Waals surface area contributed by atoms with E-state index in [1.165, 1.54) is 0 Å². The molecule has 0 spiro atoms. The summed E-state index contributed by atoms with van der Waals surface area (Å²) in [4.78, 5) is 10.7. The van der Waals surface area contributed by atoms with E-state index in [0.717, 1.165) is 6.92 Å². The van der Waals surface area contributed by atoms with Crippen LogP contribution in [0.1, 0.15) is 29.7 Å². The summed E-state index contributed by atoms with van der Waals surface area (Å²) in [6.07, 6.45) is -14.9. The van der Waals surface area contributed by atoms with Crippen molar-refractivity contribution in [2.24, 2.45) is 0 Å². The lowest BCUT2D eigenvalue weighted by atomic mass is 9.92. The third-order valence-electron chi connectivity index (χ3n) is 2.94. The standard InChI is InChI=1S/C13H13F6NO3/c1-6(21)20-5-9(22)11(23)10-7(12(14,15)16)3-2-4-8(10)13(17,18)19/h2-4,9,11,22-23H,5H2,1H3,(H,20,21). The van der Waals surface area contributed by atoms with Gasteiger partial charge in [0.1, 0.15) is 12.2 Å². The highest BCUT2D eigenvalue weighted by Gasteiger charge is 2.43. The Balaban J connectivity index is 3.38. The van der Waals surface area contributed by atoms with Crippen LogP contribution in [0.3, 0.4) is 0 Å². The molecular weight excluding hydrogens is 332 g/mol. The van der Waals surface area contributed by atoms with Gasteiger partial charge in [0.2, 0.25) is 5.91 Å². The Morgan fingerprint density at radius 1 is 1.09 bits per heavy atom. The Kier molecular flexibility index (Phi) is 5.65. The van der Waals surface area contributed by atoms with Gasteiger partial charge in [0.25, 0.3) is 0 Å². The summed E-state index contributed by atoms with van der Waals surface area (Å²) in [5.74, 6) is -0.670. The molecule has 0 aliphatic rings. The molecule has 0 bridgehead atoms. The summed E-state index contributed by atoms with van der Waals surface area (Å²) in [6.45, 7) is 0.323. The molecule has 0 saturated heterocycles. The van der Waals surface area contributed by atoms with Crippen LogP contribution in [-0.2, 0) is 17.1 Å². The lowest BCUT2D eigenvalue weighted by Gasteiger charge is -2.25. The van der Waals surface area contributed by atoms with Crippen molar-refractivity contribution in [1.29, 1.82) is 0 Å². The number of carbonyl (C=O) groups excluding carboxylic acids is 1. The van der Waals surface area contributed by atoms with E-state index in [9.17, 15) is 41.4 Å². The van der Waals surface area contributed by atoms with Gasteiger partial charge in [-0.25, -0.2) is 0 Å². The van der Waals surface area contributed by atoms with Crippen molar-refractivity contribution in [2.45, 2.75) is 31.5 Å². The molecule has 0 aliphatic carbocycles. The molecule has 4 nitrogen and oxygen atoms in total. The van der Waals surface area contributed by atoms with Gasteiger partial charge in [-0.1, -0.05) is 6.07 Å². The van der Waals surface area contributed by atoms with E-state index in [2.05, 4.69) is 0 Å². The van der Waals surface area contributed by atoms with Crippen LogP contribution >= 0.6 is 0 Å². The minimum Gasteiger partial charge on any atom is -0.388 e. The van der Waals surface area contributed by atoms with E-state index in [-0.39, 0.29) is 0 Å². The number of halogens is 6. The molecule has 1 rings (SSSR count). The zero-order valence-corrected chi connectivity index (χ0v) is 11.7. The number of aliphatic hydroxyl groups is 2. The molecule has 23 heavy (non-hydrogen) atoms. The van der Waals surface area contributed by atoms with Gasteiger partial charge in [-0.2, -0.15) is 26.3 Å². The number of rotatable bonds is 4. The van der Waals surface area contributed by atoms with Crippen LogP contribution in [0.2, 0.25) is 0 Å². The largest absolute Gasteiger partial charge is 0.416 e. The third-order valence-corrected chi connectivity index (χ3v) is 2.94. The van der Waals surface area contributed by atoms with Crippen LogP contribution in [0, 0.1) is 0 Å². The maximum Gasteiger partial charge on any atom is 0.416 e. The number of nitrogens with one attached hydrogen (secondary N) is 1. The smallest absolute Gasteiger partial charge is 0.388 e. The van der Waals surface area contributed by atoms with Gasteiger partial charge in [0.05, 0.1) is 11.1 Å². The van der Waals surface area contributed by atoms with Crippen LogP contribution < -0.4 is 5.32 Å². The maximum absolute atomic E-state index is 12.9. The van der Waals surface area contributed by atoms with Gasteiger partial charge >= 0.3 is 12.4 Å². The van der Waals surface area contributed by atoms with Crippen molar-refractivity contribution < 1.29 is 41.4 Å². The van der Waals surface area contributed by atoms with Crippen LogP contribution in [-0.4, -0.2) is 28.8 Å². The summed E-state index contributed by atoms with van der Waals surface area (Å²) in [5.41, 5.74) is -4.89. The molecule has 1 aromatic carbocycles. The van der Waals surface area contributed by atoms with Crippen molar-refractivity contribution in [3.63, 3.8) is 0 Å². The SMILES string of the molecule is CC(=O)NCC(O)C(O)c1c(C(F)(F)F)cccc1C(F)(F)F. The molecule has 10 heteroatoms. The molecule has 0 saturated carbocycles. The summed E-state index contributed by atoms with van der Waals surface area (Å²) >= 11 is 0. The van der Waals surface area contributed by atoms with Crippen molar-refractivity contribution in [2.75, 3.05) is 6.54 Å². The van der Waals surface area contributed by atoms with Crippen LogP contribution in [0.25, 0.3) is 0 Å². The Hall–Kier alpha value is -1.81. The van der Waals surface area contributed by atoms with E-state index in [4.69, 9.17) is 0 Å². The molecule has 0 radical (unpaired) electrons. The fourth-order valence-corrected chi connectivity index (χ4v) is 1.93. The summed E-state index contributed by atoms with van der Waals surface area (Å²) in [7, 11) is 0. The molecular formula is C13H13F6NO3. The zero-order chi connectivity index (χ0) is 18.0. The second-order valence-corrected chi connectivity index (χ2v) is 4.71. The Labute approximate surface area is 126 Å². The quantitative estimate of drug-likeness (QED) is 0.733. The van der Waals surface area contributed by atoms with Crippen LogP contribution in [0.4, 0.5) is 26.3 Å². The van der Waals surface area contributed by atoms with Gasteiger partial charge in [0, 0.05) is 19.0 Å². The molecule has 130 valence electrons. The number of carbonyl (C=O) groups is 1. The van der Waals surface area contributed by atoms with Gasteiger partial charge in [-0.15, -0.1) is 0 Å². The lowest BCUT2D eigenvalue weighted by Crippen LogP contribution is -2.35. The molecule has 2 atom stereocenters. The highest BCUT2D eigenvalue weighted by molar-refractivity contribution is 5.72. The summed E-state index contributed by atoms with van der Waals surface area (Å²) in [5, 5.41) is 21.4. The van der Waals surface area contributed by atoms with Gasteiger partial charge in [-0.05, 0) is 12.1 Å². The second kappa shape index (κ2) is 6.75. The number of hydrogen-bond acceptors (Lipinski definition) is 3. The second-order valence-electron chi connectivity index (χ2n) is 4.71. The normalized spacial score (nSPS) is 15.2. The van der Waals surface area contributed by atoms with E-state index < -0.39 is 53.7 Å². The lowest BCUT2D eigenvalue weighted by molar-refractivity contribution is -0.147. The minimum atomic E-state index is -5.16. The molecule has 1 aromatic rings. The minimum absolute atomic E-state index is 0.374. The first-order valence-corrected chi connectivity index (χ1v) is 6.23. The fourth-order valence-electron chi connectivity index (χ4n) is 1.93. The van der Waals surface area contributed by atoms with Crippen LogP contribution in [0.15, 0.2) is 18.2 Å². The fraction of sp³-hybridized carbons (Fsp3) is 0.462. The van der Waals surface area contributed by atoms with Crippen molar-refractivity contribution in [1.82, 2.24) is 5.32 Å². The predicted octanol–water partition coefficient (Wildman–Crippen LogP) is 2.25. The van der Waals surface area contributed by atoms with E-state index >= 15 is 0 Å². The van der Waals surface area contributed by atoms with Gasteiger partial charge in [-0.3, -0.25) is 4.79 Å². The molecule has 0 aromatic heterocycles. The number of amides is 1. The van der Waals surface area contributed by atoms with Gasteiger partial charge < -0.3 is 15.5 Å². The Bertz CT molecular complexity index is 538. The molecule has 1 amide bonds. The Morgan fingerprint density at radius 2 is 1.52 bits per heavy atom. The molecule has 2 unspecified atom stereocenters. The third kappa shape index (κ3) is 4.83. The van der Waals surface area contributed by atoms with Crippen molar-refractivity contribution >= 4 is 5.91 Å². The maximum atomic E-state index is 12.9. The van der Waals surface area contributed by atoms with Gasteiger partial charge in [0.15, 0.2) is 0 Å². The zero-order valence-electron chi connectivity index (χ0n) is 11.7. The van der Waals surface area contributed by atoms with E-state index in [0.29, 0.717) is 18.2 Å². The van der Waals surface area contributed by atoms with Crippen molar-refractivity contribution in [3.8, 4) is 0 Å². The molecule has 3 N–H and O–H groups in total. The van der Waals surface area contributed by atoms with Crippen LogP contribution in [0.5, 0.6) is 0 Å². The average molecular weight is 345 g/mol. The molecule has 0 fully saturated rings. The highest BCUT2D eigenvalue weighted by atomic mass is 19.4. The van der Waals surface area contributed by atoms with E-state index in [1.54, 1.807) is 0 Å². The Morgan fingerprint density at radius 3 is 1.87 bits per heavy atom. The first-order valence-electron chi connectivity index (χ1n) is 6.23. The molecule has 0 heterocycles.